The standard InChI is InChI=1S/C9H12ClN3O2/c10-6-2-11-9(12-3-6)13-4-8(15)1-7(13)5-14/h2-3,7-8,14-15H,1,4-5H2. The second-order valence-electron chi connectivity index (χ2n) is 3.58. The Morgan fingerprint density at radius 3 is 2.73 bits per heavy atom. The van der Waals surface area contributed by atoms with Crippen LogP contribution in [0, 0.1) is 0 Å². The van der Waals surface area contributed by atoms with Crippen molar-refractivity contribution in [1.29, 1.82) is 0 Å². The Bertz CT molecular complexity index is 333. The number of aliphatic hydroxyl groups is 2. The summed E-state index contributed by atoms with van der Waals surface area (Å²) in [7, 11) is 0. The maximum absolute atomic E-state index is 9.48. The zero-order valence-corrected chi connectivity index (χ0v) is 8.80. The van der Waals surface area contributed by atoms with Gasteiger partial charge in [-0.1, -0.05) is 11.6 Å². The van der Waals surface area contributed by atoms with Gasteiger partial charge in [-0.15, -0.1) is 0 Å². The minimum atomic E-state index is -0.429. The molecule has 1 aromatic heterocycles. The van der Waals surface area contributed by atoms with Gasteiger partial charge in [0.05, 0.1) is 36.2 Å². The molecule has 1 saturated heterocycles. The average molecular weight is 230 g/mol. The van der Waals surface area contributed by atoms with Crippen LogP contribution in [0.25, 0.3) is 0 Å². The summed E-state index contributed by atoms with van der Waals surface area (Å²) in [5, 5.41) is 19.1. The quantitative estimate of drug-likeness (QED) is 0.751. The van der Waals surface area contributed by atoms with Crippen LogP contribution in [0.4, 0.5) is 5.95 Å². The third kappa shape index (κ3) is 2.19. The molecule has 0 radical (unpaired) electrons. The second-order valence-corrected chi connectivity index (χ2v) is 4.02. The molecule has 0 aliphatic carbocycles. The molecule has 1 aromatic rings. The zero-order chi connectivity index (χ0) is 10.8. The number of aliphatic hydroxyl groups excluding tert-OH is 2. The third-order valence-corrected chi connectivity index (χ3v) is 2.66. The summed E-state index contributed by atoms with van der Waals surface area (Å²) in [6.45, 7) is 0.440. The van der Waals surface area contributed by atoms with Gasteiger partial charge < -0.3 is 15.1 Å². The molecule has 0 amide bonds. The van der Waals surface area contributed by atoms with E-state index in [1.807, 2.05) is 0 Å². The lowest BCUT2D eigenvalue weighted by Crippen LogP contribution is -2.33. The monoisotopic (exact) mass is 229 g/mol. The number of rotatable bonds is 2. The van der Waals surface area contributed by atoms with Crippen LogP contribution in [0.15, 0.2) is 12.4 Å². The first kappa shape index (κ1) is 10.6. The van der Waals surface area contributed by atoms with Gasteiger partial charge in [0.25, 0.3) is 0 Å². The van der Waals surface area contributed by atoms with E-state index in [1.165, 1.54) is 12.4 Å². The molecule has 6 heteroatoms. The molecule has 0 bridgehead atoms. The van der Waals surface area contributed by atoms with Crippen LogP contribution in [-0.2, 0) is 0 Å². The zero-order valence-electron chi connectivity index (χ0n) is 8.04. The van der Waals surface area contributed by atoms with Gasteiger partial charge in [-0.2, -0.15) is 0 Å². The van der Waals surface area contributed by atoms with E-state index in [9.17, 15) is 5.11 Å². The van der Waals surface area contributed by atoms with Crippen LogP contribution in [0.3, 0.4) is 0 Å². The van der Waals surface area contributed by atoms with E-state index in [0.29, 0.717) is 23.9 Å². The molecular formula is C9H12ClN3O2. The molecule has 1 aliphatic heterocycles. The van der Waals surface area contributed by atoms with Crippen molar-refractivity contribution in [2.75, 3.05) is 18.1 Å². The molecule has 15 heavy (non-hydrogen) atoms. The Morgan fingerprint density at radius 1 is 1.47 bits per heavy atom. The van der Waals surface area contributed by atoms with Crippen LogP contribution in [0.1, 0.15) is 6.42 Å². The van der Waals surface area contributed by atoms with Gasteiger partial charge in [0.1, 0.15) is 0 Å². The van der Waals surface area contributed by atoms with Gasteiger partial charge >= 0.3 is 0 Å². The Morgan fingerprint density at radius 2 is 2.13 bits per heavy atom. The third-order valence-electron chi connectivity index (χ3n) is 2.47. The molecule has 82 valence electrons. The van der Waals surface area contributed by atoms with Crippen LogP contribution in [0.2, 0.25) is 5.02 Å². The highest BCUT2D eigenvalue weighted by molar-refractivity contribution is 6.30. The predicted molar refractivity (Wildman–Crippen MR) is 55.9 cm³/mol. The lowest BCUT2D eigenvalue weighted by Gasteiger charge is -2.22. The number of hydrogen-bond donors (Lipinski definition) is 2. The van der Waals surface area contributed by atoms with Crippen molar-refractivity contribution in [3.8, 4) is 0 Å². The summed E-state index contributed by atoms with van der Waals surface area (Å²) in [6, 6.07) is -0.110. The Balaban J connectivity index is 2.19. The van der Waals surface area contributed by atoms with Gasteiger partial charge in [0.15, 0.2) is 0 Å². The Hall–Kier alpha value is -0.910. The number of hydrogen-bond acceptors (Lipinski definition) is 5. The number of nitrogens with zero attached hydrogens (tertiary/aromatic N) is 3. The van der Waals surface area contributed by atoms with E-state index in [0.717, 1.165) is 0 Å². The summed E-state index contributed by atoms with van der Waals surface area (Å²) in [6.07, 6.45) is 3.12. The topological polar surface area (TPSA) is 69.5 Å². The van der Waals surface area contributed by atoms with Crippen LogP contribution in [0.5, 0.6) is 0 Å². The minimum absolute atomic E-state index is 0.0109. The first-order valence-corrected chi connectivity index (χ1v) is 5.11. The lowest BCUT2D eigenvalue weighted by atomic mass is 10.2. The highest BCUT2D eigenvalue weighted by Crippen LogP contribution is 2.22. The molecule has 5 nitrogen and oxygen atoms in total. The summed E-state index contributed by atoms with van der Waals surface area (Å²) in [5.74, 6) is 0.495. The molecule has 2 heterocycles. The molecule has 2 unspecified atom stereocenters. The SMILES string of the molecule is OCC1CC(O)CN1c1ncc(Cl)cn1. The number of anilines is 1. The smallest absolute Gasteiger partial charge is 0.225 e. The molecule has 0 spiro atoms. The van der Waals surface area contributed by atoms with Crippen molar-refractivity contribution in [3.63, 3.8) is 0 Å². The lowest BCUT2D eigenvalue weighted by molar-refractivity contribution is 0.184. The molecule has 1 aliphatic rings. The predicted octanol–water partition coefficient (Wildman–Crippen LogP) is 0.0619. The van der Waals surface area contributed by atoms with Crippen molar-refractivity contribution >= 4 is 17.5 Å². The van der Waals surface area contributed by atoms with Gasteiger partial charge in [-0.05, 0) is 6.42 Å². The van der Waals surface area contributed by atoms with E-state index in [1.54, 1.807) is 4.90 Å². The number of β-amino-alcohol motifs (C(OH)–C–C–N with tert-alkyl or cyclic N) is 1. The van der Waals surface area contributed by atoms with Crippen molar-refractivity contribution in [1.82, 2.24) is 9.97 Å². The molecule has 0 aromatic carbocycles. The molecule has 2 N–H and O–H groups in total. The van der Waals surface area contributed by atoms with E-state index in [2.05, 4.69) is 9.97 Å². The molecular weight excluding hydrogens is 218 g/mol. The molecule has 0 saturated carbocycles. The van der Waals surface area contributed by atoms with Crippen LogP contribution >= 0.6 is 11.6 Å². The Labute approximate surface area is 92.3 Å². The van der Waals surface area contributed by atoms with Gasteiger partial charge in [-0.25, -0.2) is 9.97 Å². The fourth-order valence-electron chi connectivity index (χ4n) is 1.76. The van der Waals surface area contributed by atoms with Crippen molar-refractivity contribution in [2.45, 2.75) is 18.6 Å². The summed E-state index contributed by atoms with van der Waals surface area (Å²) in [4.78, 5) is 9.90. The Kier molecular flexibility index (Phi) is 3.04. The molecule has 2 atom stereocenters. The first-order valence-electron chi connectivity index (χ1n) is 4.74. The average Bonchev–Trinajstić information content (AvgIpc) is 2.61. The summed E-state index contributed by atoms with van der Waals surface area (Å²) < 4.78 is 0. The van der Waals surface area contributed by atoms with E-state index in [-0.39, 0.29) is 12.6 Å². The van der Waals surface area contributed by atoms with E-state index >= 15 is 0 Å². The van der Waals surface area contributed by atoms with Crippen LogP contribution in [-0.4, -0.2) is 45.5 Å². The normalized spacial score (nSPS) is 25.9. The highest BCUT2D eigenvalue weighted by atomic mass is 35.5. The van der Waals surface area contributed by atoms with Gasteiger partial charge in [-0.3, -0.25) is 0 Å². The summed E-state index contributed by atoms with van der Waals surface area (Å²) >= 11 is 5.68. The van der Waals surface area contributed by atoms with Gasteiger partial charge in [0.2, 0.25) is 5.95 Å². The maximum atomic E-state index is 9.48. The van der Waals surface area contributed by atoms with Crippen molar-refractivity contribution in [2.24, 2.45) is 0 Å². The largest absolute Gasteiger partial charge is 0.394 e. The molecule has 2 rings (SSSR count). The van der Waals surface area contributed by atoms with Crippen molar-refractivity contribution in [3.05, 3.63) is 17.4 Å². The highest BCUT2D eigenvalue weighted by Gasteiger charge is 2.31. The van der Waals surface area contributed by atoms with Gasteiger partial charge in [0, 0.05) is 6.54 Å². The van der Waals surface area contributed by atoms with E-state index < -0.39 is 6.10 Å². The van der Waals surface area contributed by atoms with E-state index in [4.69, 9.17) is 16.7 Å². The molecule has 1 fully saturated rings. The van der Waals surface area contributed by atoms with Crippen LogP contribution < -0.4 is 4.90 Å². The maximum Gasteiger partial charge on any atom is 0.225 e. The number of halogens is 1. The first-order chi connectivity index (χ1) is 7.20. The fourth-order valence-corrected chi connectivity index (χ4v) is 1.86. The fraction of sp³-hybridized carbons (Fsp3) is 0.556. The number of aromatic nitrogens is 2. The minimum Gasteiger partial charge on any atom is -0.394 e. The second kappa shape index (κ2) is 4.30. The van der Waals surface area contributed by atoms with Crippen molar-refractivity contribution < 1.29 is 10.2 Å². The summed E-state index contributed by atoms with van der Waals surface area (Å²) in [5.41, 5.74) is 0.